The van der Waals surface area contributed by atoms with Crippen molar-refractivity contribution in [3.8, 4) is 0 Å². The number of nitrogens with zero attached hydrogens (tertiary/aromatic N) is 4. The lowest BCUT2D eigenvalue weighted by atomic mass is 10.3. The van der Waals surface area contributed by atoms with Crippen LogP contribution in [0.25, 0.3) is 16.6 Å². The van der Waals surface area contributed by atoms with Crippen LogP contribution in [0.1, 0.15) is 5.82 Å². The first-order valence-corrected chi connectivity index (χ1v) is 6.30. The summed E-state index contributed by atoms with van der Waals surface area (Å²) in [6, 6.07) is 5.99. The van der Waals surface area contributed by atoms with Crippen LogP contribution < -0.4 is 5.32 Å². The summed E-state index contributed by atoms with van der Waals surface area (Å²) in [6.07, 6.45) is 7.27. The van der Waals surface area contributed by atoms with Crippen LogP contribution in [0.4, 0.5) is 11.5 Å². The molecular formula is C14H12N6. The van der Waals surface area contributed by atoms with Crippen molar-refractivity contribution in [3.63, 3.8) is 0 Å². The Morgan fingerprint density at radius 3 is 3.05 bits per heavy atom. The van der Waals surface area contributed by atoms with Gasteiger partial charge in [0.2, 0.25) is 0 Å². The molecule has 0 spiro atoms. The average Bonchev–Trinajstić information content (AvgIpc) is 3.07. The molecule has 0 aromatic carbocycles. The molecule has 4 aromatic rings. The highest BCUT2D eigenvalue weighted by atomic mass is 15.1. The molecule has 98 valence electrons. The molecule has 0 fully saturated rings. The summed E-state index contributed by atoms with van der Waals surface area (Å²) in [4.78, 5) is 15.8. The van der Waals surface area contributed by atoms with Gasteiger partial charge in [0.1, 0.15) is 23.6 Å². The van der Waals surface area contributed by atoms with Gasteiger partial charge in [0.25, 0.3) is 0 Å². The number of aromatic nitrogens is 5. The zero-order valence-electron chi connectivity index (χ0n) is 10.8. The number of hydrogen-bond donors (Lipinski definition) is 2. The van der Waals surface area contributed by atoms with E-state index in [-0.39, 0.29) is 0 Å². The Balaban J connectivity index is 1.80. The second-order valence-corrected chi connectivity index (χ2v) is 4.61. The standard InChI is InChI=1S/C14H12N6/c1-9-16-6-11-3-2-10(7-20(9)11)19-14-12-4-5-15-13(12)17-8-18-14/h2-8H,1H3,(H2,15,17,18,19). The van der Waals surface area contributed by atoms with E-state index < -0.39 is 0 Å². The zero-order valence-corrected chi connectivity index (χ0v) is 10.8. The van der Waals surface area contributed by atoms with Gasteiger partial charge in [-0.2, -0.15) is 0 Å². The topological polar surface area (TPSA) is 70.9 Å². The number of rotatable bonds is 2. The predicted molar refractivity (Wildman–Crippen MR) is 77.1 cm³/mol. The van der Waals surface area contributed by atoms with Crippen LogP contribution in [0.15, 0.2) is 43.1 Å². The number of hydrogen-bond acceptors (Lipinski definition) is 4. The highest BCUT2D eigenvalue weighted by molar-refractivity contribution is 5.88. The molecule has 0 radical (unpaired) electrons. The highest BCUT2D eigenvalue weighted by Gasteiger charge is 2.06. The fraction of sp³-hybridized carbons (Fsp3) is 0.0714. The van der Waals surface area contributed by atoms with Crippen LogP contribution in [-0.4, -0.2) is 24.3 Å². The van der Waals surface area contributed by atoms with Crippen molar-refractivity contribution < 1.29 is 0 Å². The summed E-state index contributed by atoms with van der Waals surface area (Å²) in [5.74, 6) is 1.74. The SMILES string of the molecule is Cc1ncc2ccc(Nc3ncnc4[nH]ccc34)cn12. The number of H-pyrrole nitrogens is 1. The van der Waals surface area contributed by atoms with Gasteiger partial charge in [-0.25, -0.2) is 15.0 Å². The minimum Gasteiger partial charge on any atom is -0.346 e. The molecule has 0 unspecified atom stereocenters. The van der Waals surface area contributed by atoms with E-state index in [0.717, 1.165) is 33.9 Å². The summed E-state index contributed by atoms with van der Waals surface area (Å²) in [6.45, 7) is 1.98. The summed E-state index contributed by atoms with van der Waals surface area (Å²) in [7, 11) is 0. The van der Waals surface area contributed by atoms with Crippen LogP contribution in [-0.2, 0) is 0 Å². The van der Waals surface area contributed by atoms with Gasteiger partial charge in [0.05, 0.1) is 22.8 Å². The molecule has 0 saturated heterocycles. The van der Waals surface area contributed by atoms with Crippen molar-refractivity contribution in [2.45, 2.75) is 6.92 Å². The number of pyridine rings is 1. The molecule has 4 heterocycles. The molecule has 0 aliphatic carbocycles. The lowest BCUT2D eigenvalue weighted by molar-refractivity contribution is 1.04. The third kappa shape index (κ3) is 1.62. The molecule has 0 amide bonds. The van der Waals surface area contributed by atoms with E-state index in [1.165, 1.54) is 0 Å². The molecule has 0 bridgehead atoms. The maximum atomic E-state index is 4.30. The maximum absolute atomic E-state index is 4.30. The van der Waals surface area contributed by atoms with Crippen LogP contribution in [0.3, 0.4) is 0 Å². The molecule has 6 nitrogen and oxygen atoms in total. The van der Waals surface area contributed by atoms with Gasteiger partial charge in [0.15, 0.2) is 0 Å². The van der Waals surface area contributed by atoms with Crippen LogP contribution in [0.2, 0.25) is 0 Å². The number of nitrogens with one attached hydrogen (secondary N) is 2. The Labute approximate surface area is 114 Å². The predicted octanol–water partition coefficient (Wildman–Crippen LogP) is 2.66. The maximum Gasteiger partial charge on any atom is 0.143 e. The fourth-order valence-corrected chi connectivity index (χ4v) is 2.30. The van der Waals surface area contributed by atoms with Crippen molar-refractivity contribution in [2.75, 3.05) is 5.32 Å². The number of aromatic amines is 1. The normalized spacial score (nSPS) is 11.2. The highest BCUT2D eigenvalue weighted by Crippen LogP contribution is 2.22. The van der Waals surface area contributed by atoms with E-state index in [0.29, 0.717) is 0 Å². The summed E-state index contributed by atoms with van der Waals surface area (Å²) in [5, 5.41) is 4.29. The largest absolute Gasteiger partial charge is 0.346 e. The van der Waals surface area contributed by atoms with Gasteiger partial charge in [-0.3, -0.25) is 0 Å². The Bertz CT molecular complexity index is 904. The smallest absolute Gasteiger partial charge is 0.143 e. The van der Waals surface area contributed by atoms with Gasteiger partial charge in [0, 0.05) is 12.4 Å². The van der Waals surface area contributed by atoms with Crippen LogP contribution in [0.5, 0.6) is 0 Å². The Morgan fingerprint density at radius 2 is 2.10 bits per heavy atom. The van der Waals surface area contributed by atoms with Gasteiger partial charge >= 0.3 is 0 Å². The number of imidazole rings is 1. The third-order valence-corrected chi connectivity index (χ3v) is 3.33. The first kappa shape index (κ1) is 11.0. The monoisotopic (exact) mass is 264 g/mol. The second-order valence-electron chi connectivity index (χ2n) is 4.61. The van der Waals surface area contributed by atoms with Crippen molar-refractivity contribution in [1.82, 2.24) is 24.3 Å². The Morgan fingerprint density at radius 1 is 1.15 bits per heavy atom. The molecule has 4 rings (SSSR count). The molecule has 6 heteroatoms. The van der Waals surface area contributed by atoms with Crippen molar-refractivity contribution in [3.05, 3.63) is 48.9 Å². The van der Waals surface area contributed by atoms with E-state index in [9.17, 15) is 0 Å². The average molecular weight is 264 g/mol. The molecule has 0 aliphatic rings. The molecule has 0 aliphatic heterocycles. The molecule has 0 saturated carbocycles. The van der Waals surface area contributed by atoms with Crippen LogP contribution in [0, 0.1) is 6.92 Å². The molecule has 0 atom stereocenters. The first-order valence-electron chi connectivity index (χ1n) is 6.30. The molecule has 4 aromatic heterocycles. The molecule has 2 N–H and O–H groups in total. The van der Waals surface area contributed by atoms with Gasteiger partial charge in [-0.05, 0) is 25.1 Å². The third-order valence-electron chi connectivity index (χ3n) is 3.33. The lowest BCUT2D eigenvalue weighted by Crippen LogP contribution is -1.97. The molecule has 20 heavy (non-hydrogen) atoms. The summed E-state index contributed by atoms with van der Waals surface area (Å²) >= 11 is 0. The second kappa shape index (κ2) is 4.06. The van der Waals surface area contributed by atoms with Crippen molar-refractivity contribution in [2.24, 2.45) is 0 Å². The van der Waals surface area contributed by atoms with Crippen molar-refractivity contribution >= 4 is 28.1 Å². The fourth-order valence-electron chi connectivity index (χ4n) is 2.30. The lowest BCUT2D eigenvalue weighted by Gasteiger charge is -2.07. The van der Waals surface area contributed by atoms with E-state index in [4.69, 9.17) is 0 Å². The van der Waals surface area contributed by atoms with Crippen LogP contribution >= 0.6 is 0 Å². The first-order chi connectivity index (χ1) is 9.81. The minimum atomic E-state index is 0.786. The van der Waals surface area contributed by atoms with Gasteiger partial charge in [-0.1, -0.05) is 0 Å². The number of anilines is 2. The minimum absolute atomic E-state index is 0.786. The van der Waals surface area contributed by atoms with E-state index in [1.54, 1.807) is 6.33 Å². The van der Waals surface area contributed by atoms with E-state index in [1.807, 2.05) is 48.1 Å². The van der Waals surface area contributed by atoms with Gasteiger partial charge < -0.3 is 14.7 Å². The van der Waals surface area contributed by atoms with E-state index in [2.05, 4.69) is 25.3 Å². The molecular weight excluding hydrogens is 252 g/mol. The van der Waals surface area contributed by atoms with Gasteiger partial charge in [-0.15, -0.1) is 0 Å². The summed E-state index contributed by atoms with van der Waals surface area (Å²) in [5.41, 5.74) is 2.85. The summed E-state index contributed by atoms with van der Waals surface area (Å²) < 4.78 is 2.04. The zero-order chi connectivity index (χ0) is 13.5. The van der Waals surface area contributed by atoms with Crippen molar-refractivity contribution in [1.29, 1.82) is 0 Å². The Kier molecular flexibility index (Phi) is 2.23. The Hall–Kier alpha value is -2.89. The number of aryl methyl sites for hydroxylation is 1. The quantitative estimate of drug-likeness (QED) is 0.584. The number of fused-ring (bicyclic) bond motifs is 2. The van der Waals surface area contributed by atoms with E-state index >= 15 is 0 Å².